The Morgan fingerprint density at radius 1 is 1.00 bits per heavy atom. The van der Waals surface area contributed by atoms with E-state index in [0.717, 1.165) is 16.8 Å². The topological polar surface area (TPSA) is 97.7 Å². The van der Waals surface area contributed by atoms with Gasteiger partial charge in [-0.05, 0) is 23.6 Å². The molecule has 5 rings (SSSR count). The van der Waals surface area contributed by atoms with Crippen LogP contribution >= 0.6 is 0 Å². The van der Waals surface area contributed by atoms with E-state index in [-0.39, 0.29) is 30.1 Å². The van der Waals surface area contributed by atoms with E-state index in [1.54, 1.807) is 12.0 Å². The van der Waals surface area contributed by atoms with Crippen molar-refractivity contribution >= 4 is 29.4 Å². The van der Waals surface area contributed by atoms with E-state index in [2.05, 4.69) is 4.90 Å². The van der Waals surface area contributed by atoms with Crippen LogP contribution in [0.3, 0.4) is 0 Å². The average Bonchev–Trinajstić information content (AvgIpc) is 3.21. The van der Waals surface area contributed by atoms with Gasteiger partial charge in [-0.3, -0.25) is 9.69 Å². The lowest BCUT2D eigenvalue weighted by Gasteiger charge is -2.48. The fourth-order valence-corrected chi connectivity index (χ4v) is 5.88. The molecule has 192 valence electrons. The number of hydrogen-bond donors (Lipinski definition) is 0. The first kappa shape index (κ1) is 24.7. The zero-order chi connectivity index (χ0) is 26.2. The van der Waals surface area contributed by atoms with Crippen molar-refractivity contribution in [2.24, 2.45) is 4.99 Å². The highest BCUT2D eigenvalue weighted by atomic mass is 16.5. The van der Waals surface area contributed by atoms with Crippen LogP contribution in [-0.4, -0.2) is 69.1 Å². The highest BCUT2D eigenvalue weighted by Crippen LogP contribution is 2.56. The second-order valence-electron chi connectivity index (χ2n) is 9.22. The quantitative estimate of drug-likeness (QED) is 0.536. The van der Waals surface area contributed by atoms with Crippen LogP contribution in [0.2, 0.25) is 0 Å². The highest BCUT2D eigenvalue weighted by molar-refractivity contribution is 6.15. The average molecular weight is 504 g/mol. The monoisotopic (exact) mass is 503 g/mol. The summed E-state index contributed by atoms with van der Waals surface area (Å²) in [4.78, 5) is 48.1. The van der Waals surface area contributed by atoms with Crippen molar-refractivity contribution in [1.29, 1.82) is 0 Å². The number of aliphatic imine (C=N–C) groups is 1. The molecular weight excluding hydrogens is 474 g/mol. The smallest absolute Gasteiger partial charge is 0.357 e. The number of benzene rings is 2. The molecule has 1 fully saturated rings. The number of anilines is 1. The summed E-state index contributed by atoms with van der Waals surface area (Å²) in [5.41, 5.74) is 2.03. The molecule has 3 aliphatic rings. The number of para-hydroxylation sites is 1. The molecule has 1 spiro atoms. The van der Waals surface area contributed by atoms with Crippen LogP contribution in [0.1, 0.15) is 24.0 Å². The van der Waals surface area contributed by atoms with Crippen LogP contribution in [0.15, 0.2) is 70.9 Å². The van der Waals surface area contributed by atoms with E-state index >= 15 is 0 Å². The summed E-state index contributed by atoms with van der Waals surface area (Å²) < 4.78 is 15.6. The predicted octanol–water partition coefficient (Wildman–Crippen LogP) is 2.59. The Hall–Kier alpha value is -3.98. The van der Waals surface area contributed by atoms with E-state index in [4.69, 9.17) is 19.2 Å². The fourth-order valence-electron chi connectivity index (χ4n) is 5.88. The van der Waals surface area contributed by atoms with Crippen molar-refractivity contribution in [2.75, 3.05) is 39.4 Å². The first-order chi connectivity index (χ1) is 18.0. The molecule has 2 aromatic carbocycles. The van der Waals surface area contributed by atoms with Gasteiger partial charge in [0.05, 0.1) is 44.4 Å². The van der Waals surface area contributed by atoms with E-state index in [9.17, 15) is 14.4 Å². The molecule has 0 unspecified atom stereocenters. The van der Waals surface area contributed by atoms with Crippen molar-refractivity contribution in [3.05, 3.63) is 77.0 Å². The number of methoxy groups -OCH3 is 3. The maximum Gasteiger partial charge on any atom is 0.357 e. The molecule has 9 nitrogen and oxygen atoms in total. The van der Waals surface area contributed by atoms with Gasteiger partial charge >= 0.3 is 11.9 Å². The Morgan fingerprint density at radius 2 is 1.70 bits per heavy atom. The third-order valence-electron chi connectivity index (χ3n) is 7.41. The van der Waals surface area contributed by atoms with Crippen LogP contribution in [-0.2, 0) is 40.6 Å². The number of likely N-dealkylation sites (tertiary alicyclic amines) is 1. The predicted molar refractivity (Wildman–Crippen MR) is 136 cm³/mol. The standard InChI is InChI=1S/C28H29N3O6/c1-35-16-15-30-21(32)13-14-28-19-11-7-8-12-20(19)31(17-18-9-5-4-6-10-18)24(28)22(25(33)36-2)23(26(34)37-3)29-27(28)30/h4-12,24H,13-17H2,1-3H3/t24-,28-/m0/s1. The van der Waals surface area contributed by atoms with Crippen molar-refractivity contribution in [2.45, 2.75) is 30.8 Å². The van der Waals surface area contributed by atoms with Gasteiger partial charge in [0.1, 0.15) is 5.84 Å². The van der Waals surface area contributed by atoms with Crippen LogP contribution in [0.4, 0.5) is 5.69 Å². The molecule has 1 saturated heterocycles. The lowest BCUT2D eigenvalue weighted by atomic mass is 9.65. The van der Waals surface area contributed by atoms with Gasteiger partial charge in [0, 0.05) is 25.8 Å². The van der Waals surface area contributed by atoms with Gasteiger partial charge in [-0.15, -0.1) is 0 Å². The lowest BCUT2D eigenvalue weighted by molar-refractivity contribution is -0.140. The Morgan fingerprint density at radius 3 is 2.41 bits per heavy atom. The summed E-state index contributed by atoms with van der Waals surface area (Å²) in [7, 11) is 4.10. The van der Waals surface area contributed by atoms with Gasteiger partial charge in [0.15, 0.2) is 5.70 Å². The third kappa shape index (κ3) is 3.81. The van der Waals surface area contributed by atoms with E-state index in [1.807, 2.05) is 54.6 Å². The molecule has 2 aromatic rings. The molecule has 0 N–H and O–H groups in total. The van der Waals surface area contributed by atoms with Gasteiger partial charge in [-0.2, -0.15) is 0 Å². The zero-order valence-electron chi connectivity index (χ0n) is 21.1. The summed E-state index contributed by atoms with van der Waals surface area (Å²) in [5, 5.41) is 0. The number of piperidine rings is 1. The normalized spacial score (nSPS) is 22.2. The lowest BCUT2D eigenvalue weighted by Crippen LogP contribution is -2.63. The molecule has 0 aliphatic carbocycles. The van der Waals surface area contributed by atoms with Crippen molar-refractivity contribution in [1.82, 2.24) is 4.90 Å². The summed E-state index contributed by atoms with van der Waals surface area (Å²) in [6, 6.07) is 17.2. The maximum absolute atomic E-state index is 13.4. The Bertz CT molecular complexity index is 1300. The summed E-state index contributed by atoms with van der Waals surface area (Å²) in [5.74, 6) is -1.09. The van der Waals surface area contributed by atoms with Gasteiger partial charge in [-0.1, -0.05) is 48.5 Å². The third-order valence-corrected chi connectivity index (χ3v) is 7.41. The summed E-state index contributed by atoms with van der Waals surface area (Å²) in [6.45, 7) is 1.03. The second-order valence-corrected chi connectivity index (χ2v) is 9.22. The number of ether oxygens (including phenoxy) is 3. The number of rotatable bonds is 7. The van der Waals surface area contributed by atoms with Gasteiger partial charge < -0.3 is 19.1 Å². The molecule has 3 aliphatic heterocycles. The molecular formula is C28H29N3O6. The Labute approximate surface area is 215 Å². The molecule has 0 radical (unpaired) electrons. The Balaban J connectivity index is 1.81. The summed E-state index contributed by atoms with van der Waals surface area (Å²) in [6.07, 6.45) is 0.685. The van der Waals surface area contributed by atoms with Crippen LogP contribution in [0, 0.1) is 0 Å². The number of hydrogen-bond acceptors (Lipinski definition) is 8. The van der Waals surface area contributed by atoms with E-state index in [0.29, 0.717) is 25.4 Å². The maximum atomic E-state index is 13.4. The number of carbonyl (C=O) groups is 3. The highest BCUT2D eigenvalue weighted by Gasteiger charge is 2.63. The Kier molecular flexibility index (Phi) is 6.55. The molecule has 9 heteroatoms. The number of fused-ring (bicyclic) bond motifs is 1. The first-order valence-corrected chi connectivity index (χ1v) is 12.2. The molecule has 2 atom stereocenters. The number of carbonyl (C=O) groups excluding carboxylic acids is 3. The fraction of sp³-hybridized carbons (Fsp3) is 0.357. The first-order valence-electron chi connectivity index (χ1n) is 12.2. The van der Waals surface area contributed by atoms with Crippen LogP contribution in [0.25, 0.3) is 0 Å². The van der Waals surface area contributed by atoms with Crippen molar-refractivity contribution < 1.29 is 28.6 Å². The number of amides is 1. The van der Waals surface area contributed by atoms with Gasteiger partial charge in [0.25, 0.3) is 0 Å². The minimum absolute atomic E-state index is 0.107. The molecule has 1 amide bonds. The number of esters is 2. The second kappa shape index (κ2) is 9.82. The molecule has 0 bridgehead atoms. The van der Waals surface area contributed by atoms with Crippen LogP contribution < -0.4 is 4.90 Å². The minimum Gasteiger partial charge on any atom is -0.466 e. The molecule has 37 heavy (non-hydrogen) atoms. The SMILES string of the molecule is COCCN1C(=O)CC[C@@]23C1=NC(C(=O)OC)=C(C(=O)OC)[C@@H]2N(Cc1ccccc1)c1ccccc13. The minimum atomic E-state index is -0.853. The van der Waals surface area contributed by atoms with Crippen molar-refractivity contribution in [3.8, 4) is 0 Å². The van der Waals surface area contributed by atoms with Gasteiger partial charge in [0.2, 0.25) is 5.91 Å². The number of nitrogens with zero attached hydrogens (tertiary/aromatic N) is 3. The molecule has 0 aromatic heterocycles. The van der Waals surface area contributed by atoms with Crippen molar-refractivity contribution in [3.63, 3.8) is 0 Å². The van der Waals surface area contributed by atoms with Crippen LogP contribution in [0.5, 0.6) is 0 Å². The van der Waals surface area contributed by atoms with E-state index in [1.165, 1.54) is 14.2 Å². The van der Waals surface area contributed by atoms with E-state index < -0.39 is 23.4 Å². The molecule has 3 heterocycles. The number of amidine groups is 1. The van der Waals surface area contributed by atoms with Gasteiger partial charge in [-0.25, -0.2) is 14.6 Å². The summed E-state index contributed by atoms with van der Waals surface area (Å²) >= 11 is 0. The zero-order valence-corrected chi connectivity index (χ0v) is 21.1. The largest absolute Gasteiger partial charge is 0.466 e. The molecule has 0 saturated carbocycles.